The van der Waals surface area contributed by atoms with Crippen molar-refractivity contribution in [2.45, 2.75) is 51.0 Å². The number of benzene rings is 1. The van der Waals surface area contributed by atoms with Crippen LogP contribution in [0.2, 0.25) is 0 Å². The van der Waals surface area contributed by atoms with Crippen molar-refractivity contribution in [1.82, 2.24) is 5.32 Å². The quantitative estimate of drug-likeness (QED) is 0.716. The number of nitrogens with one attached hydrogen (secondary N) is 1. The largest absolute Gasteiger partial charge is 0.399 e. The van der Waals surface area contributed by atoms with Crippen molar-refractivity contribution >= 4 is 17.3 Å². The highest BCUT2D eigenvalue weighted by Crippen LogP contribution is 2.18. The summed E-state index contributed by atoms with van der Waals surface area (Å²) in [6.07, 6.45) is 8.42. The Kier molecular flexibility index (Phi) is 4.66. The Morgan fingerprint density at radius 1 is 0.947 bits per heavy atom. The minimum atomic E-state index is -0.0652. The monoisotopic (exact) mass is 261 g/mol. The second-order valence-electron chi connectivity index (χ2n) is 5.40. The van der Waals surface area contributed by atoms with Gasteiger partial charge in [-0.2, -0.15) is 0 Å². The lowest BCUT2D eigenvalue weighted by Gasteiger charge is -2.21. The number of rotatable bonds is 2. The molecule has 0 aliphatic heterocycles. The van der Waals surface area contributed by atoms with Gasteiger partial charge in [-0.05, 0) is 31.0 Å². The molecular formula is C15H23N3O. The SMILES string of the molecule is Nc1cc(N)cc(C(=O)NC2CCCCCCC2)c1. The maximum atomic E-state index is 12.2. The van der Waals surface area contributed by atoms with Crippen molar-refractivity contribution in [2.24, 2.45) is 0 Å². The molecule has 0 atom stereocenters. The molecule has 1 aliphatic carbocycles. The normalized spacial score (nSPS) is 17.5. The van der Waals surface area contributed by atoms with E-state index in [0.717, 1.165) is 12.8 Å². The van der Waals surface area contributed by atoms with Crippen LogP contribution >= 0.6 is 0 Å². The number of hydrogen-bond acceptors (Lipinski definition) is 3. The van der Waals surface area contributed by atoms with Crippen molar-refractivity contribution in [1.29, 1.82) is 0 Å². The van der Waals surface area contributed by atoms with E-state index in [2.05, 4.69) is 5.32 Å². The van der Waals surface area contributed by atoms with Gasteiger partial charge in [0, 0.05) is 23.0 Å². The summed E-state index contributed by atoms with van der Waals surface area (Å²) in [6, 6.07) is 5.30. The number of carbonyl (C=O) groups excluding carboxylic acids is 1. The Labute approximate surface area is 114 Å². The van der Waals surface area contributed by atoms with E-state index in [1.54, 1.807) is 18.2 Å². The molecule has 1 saturated carbocycles. The summed E-state index contributed by atoms with van der Waals surface area (Å²) < 4.78 is 0. The van der Waals surface area contributed by atoms with Crippen LogP contribution in [0.1, 0.15) is 55.3 Å². The lowest BCUT2D eigenvalue weighted by atomic mass is 9.96. The highest BCUT2D eigenvalue weighted by molar-refractivity contribution is 5.96. The molecule has 19 heavy (non-hydrogen) atoms. The molecule has 4 nitrogen and oxygen atoms in total. The van der Waals surface area contributed by atoms with Crippen LogP contribution in [-0.4, -0.2) is 11.9 Å². The van der Waals surface area contributed by atoms with Crippen LogP contribution in [0.4, 0.5) is 11.4 Å². The summed E-state index contributed by atoms with van der Waals surface area (Å²) >= 11 is 0. The van der Waals surface area contributed by atoms with Gasteiger partial charge in [0.05, 0.1) is 0 Å². The molecule has 0 aromatic heterocycles. The van der Waals surface area contributed by atoms with Crippen LogP contribution in [0.3, 0.4) is 0 Å². The molecule has 0 unspecified atom stereocenters. The topological polar surface area (TPSA) is 81.1 Å². The number of carbonyl (C=O) groups is 1. The number of nitrogens with two attached hydrogens (primary N) is 2. The van der Waals surface area contributed by atoms with Crippen molar-refractivity contribution in [3.63, 3.8) is 0 Å². The Bertz CT molecular complexity index is 417. The molecular weight excluding hydrogens is 238 g/mol. The van der Waals surface area contributed by atoms with Crippen molar-refractivity contribution in [3.05, 3.63) is 23.8 Å². The van der Waals surface area contributed by atoms with E-state index in [0.29, 0.717) is 16.9 Å². The minimum absolute atomic E-state index is 0.0652. The van der Waals surface area contributed by atoms with E-state index < -0.39 is 0 Å². The predicted molar refractivity (Wildman–Crippen MR) is 78.8 cm³/mol. The molecule has 4 heteroatoms. The molecule has 1 aromatic rings. The molecule has 0 radical (unpaired) electrons. The van der Waals surface area contributed by atoms with Gasteiger partial charge in [-0.25, -0.2) is 0 Å². The second-order valence-corrected chi connectivity index (χ2v) is 5.40. The van der Waals surface area contributed by atoms with E-state index in [9.17, 15) is 4.79 Å². The van der Waals surface area contributed by atoms with Gasteiger partial charge in [0.15, 0.2) is 0 Å². The Morgan fingerprint density at radius 3 is 2.05 bits per heavy atom. The third-order valence-electron chi connectivity index (χ3n) is 3.68. The lowest BCUT2D eigenvalue weighted by Crippen LogP contribution is -2.35. The molecule has 1 fully saturated rings. The van der Waals surface area contributed by atoms with Gasteiger partial charge >= 0.3 is 0 Å². The van der Waals surface area contributed by atoms with Crippen LogP contribution in [0.25, 0.3) is 0 Å². The van der Waals surface area contributed by atoms with Crippen LogP contribution < -0.4 is 16.8 Å². The van der Waals surface area contributed by atoms with Gasteiger partial charge in [-0.3, -0.25) is 4.79 Å². The summed E-state index contributed by atoms with van der Waals surface area (Å²) in [6.45, 7) is 0. The molecule has 1 aromatic carbocycles. The van der Waals surface area contributed by atoms with E-state index in [1.807, 2.05) is 0 Å². The van der Waals surface area contributed by atoms with Gasteiger partial charge in [-0.1, -0.05) is 32.1 Å². The van der Waals surface area contributed by atoms with Crippen molar-refractivity contribution in [3.8, 4) is 0 Å². The first-order chi connectivity index (χ1) is 9.15. The Balaban J connectivity index is 1.98. The highest BCUT2D eigenvalue weighted by Gasteiger charge is 2.15. The summed E-state index contributed by atoms with van der Waals surface area (Å²) in [7, 11) is 0. The molecule has 0 spiro atoms. The highest BCUT2D eigenvalue weighted by atomic mass is 16.1. The average molecular weight is 261 g/mol. The van der Waals surface area contributed by atoms with Crippen LogP contribution in [-0.2, 0) is 0 Å². The van der Waals surface area contributed by atoms with Gasteiger partial charge in [0.25, 0.3) is 5.91 Å². The molecule has 0 bridgehead atoms. The zero-order valence-corrected chi connectivity index (χ0v) is 11.3. The third-order valence-corrected chi connectivity index (χ3v) is 3.68. The number of anilines is 2. The molecule has 5 N–H and O–H groups in total. The van der Waals surface area contributed by atoms with E-state index in [4.69, 9.17) is 11.5 Å². The fraction of sp³-hybridized carbons (Fsp3) is 0.533. The second kappa shape index (κ2) is 6.45. The molecule has 0 heterocycles. The van der Waals surface area contributed by atoms with Crippen LogP contribution in [0.5, 0.6) is 0 Å². The molecule has 104 valence electrons. The molecule has 2 rings (SSSR count). The van der Waals surface area contributed by atoms with Crippen molar-refractivity contribution in [2.75, 3.05) is 11.5 Å². The van der Waals surface area contributed by atoms with Gasteiger partial charge < -0.3 is 16.8 Å². The third kappa shape index (κ3) is 4.16. The number of hydrogen-bond donors (Lipinski definition) is 3. The zero-order chi connectivity index (χ0) is 13.7. The van der Waals surface area contributed by atoms with Crippen LogP contribution in [0, 0.1) is 0 Å². The molecule has 1 aliphatic rings. The standard InChI is InChI=1S/C15H23N3O/c16-12-8-11(9-13(17)10-12)15(19)18-14-6-4-2-1-3-5-7-14/h8-10,14H,1-7,16-17H2,(H,18,19). The maximum absolute atomic E-state index is 12.2. The first-order valence-corrected chi connectivity index (χ1v) is 7.12. The van der Waals surface area contributed by atoms with Gasteiger partial charge in [-0.15, -0.1) is 0 Å². The summed E-state index contributed by atoms with van der Waals surface area (Å²) in [5.41, 5.74) is 13.0. The average Bonchev–Trinajstić information content (AvgIpc) is 2.31. The van der Waals surface area contributed by atoms with E-state index >= 15 is 0 Å². The van der Waals surface area contributed by atoms with E-state index in [-0.39, 0.29) is 11.9 Å². The predicted octanol–water partition coefficient (Wildman–Crippen LogP) is 2.69. The maximum Gasteiger partial charge on any atom is 0.251 e. The van der Waals surface area contributed by atoms with Gasteiger partial charge in [0.2, 0.25) is 0 Å². The first-order valence-electron chi connectivity index (χ1n) is 7.12. The molecule has 0 saturated heterocycles. The fourth-order valence-corrected chi connectivity index (χ4v) is 2.68. The van der Waals surface area contributed by atoms with Gasteiger partial charge in [0.1, 0.15) is 0 Å². The lowest BCUT2D eigenvalue weighted by molar-refractivity contribution is 0.0930. The van der Waals surface area contributed by atoms with Crippen molar-refractivity contribution < 1.29 is 4.79 Å². The number of nitrogen functional groups attached to an aromatic ring is 2. The number of amides is 1. The smallest absolute Gasteiger partial charge is 0.251 e. The summed E-state index contributed by atoms with van der Waals surface area (Å²) in [5, 5.41) is 3.11. The van der Waals surface area contributed by atoms with Crippen LogP contribution in [0.15, 0.2) is 18.2 Å². The zero-order valence-electron chi connectivity index (χ0n) is 11.3. The Hall–Kier alpha value is -1.71. The Morgan fingerprint density at radius 2 is 1.47 bits per heavy atom. The minimum Gasteiger partial charge on any atom is -0.399 e. The van der Waals surface area contributed by atoms with E-state index in [1.165, 1.54) is 32.1 Å². The molecule has 1 amide bonds. The first kappa shape index (κ1) is 13.7. The summed E-state index contributed by atoms with van der Waals surface area (Å²) in [4.78, 5) is 12.2. The fourth-order valence-electron chi connectivity index (χ4n) is 2.68. The summed E-state index contributed by atoms with van der Waals surface area (Å²) in [5.74, 6) is -0.0652.